The van der Waals surface area contributed by atoms with E-state index in [2.05, 4.69) is 48.0 Å². The van der Waals surface area contributed by atoms with Gasteiger partial charge in [-0.05, 0) is 58.5 Å². The van der Waals surface area contributed by atoms with Crippen molar-refractivity contribution in [1.82, 2.24) is 16.2 Å². The Labute approximate surface area is 191 Å². The van der Waals surface area contributed by atoms with E-state index in [0.29, 0.717) is 10.2 Å². The van der Waals surface area contributed by atoms with E-state index in [1.165, 1.54) is 12.1 Å². The molecule has 0 saturated heterocycles. The van der Waals surface area contributed by atoms with Crippen LogP contribution in [0.25, 0.3) is 0 Å². The molecular weight excluding hydrogens is 556 g/mol. The smallest absolute Gasteiger partial charge is 0.288 e. The molecule has 152 valence electrons. The van der Waals surface area contributed by atoms with Gasteiger partial charge in [-0.15, -0.1) is 0 Å². The monoisotopic (exact) mass is 564 g/mol. The average Bonchev–Trinajstić information content (AvgIpc) is 2.65. The fraction of sp³-hybridized carbons (Fsp3) is 0.0625. The van der Waals surface area contributed by atoms with Crippen LogP contribution in [0.2, 0.25) is 5.02 Å². The third-order valence-corrected chi connectivity index (χ3v) is 4.84. The van der Waals surface area contributed by atoms with Gasteiger partial charge in [0.25, 0.3) is 17.5 Å². The van der Waals surface area contributed by atoms with Gasteiger partial charge in [0.1, 0.15) is 10.8 Å². The number of nitrogens with one attached hydrogen (secondary N) is 3. The molecule has 0 aromatic heterocycles. The van der Waals surface area contributed by atoms with Crippen molar-refractivity contribution < 1.29 is 19.2 Å². The highest BCUT2D eigenvalue weighted by atomic mass is 79.9. The third-order valence-electron chi connectivity index (χ3n) is 3.20. The van der Waals surface area contributed by atoms with Crippen LogP contribution in [0.5, 0.6) is 5.75 Å². The molecular formula is C16H11Br2ClN4O5S. The Morgan fingerprint density at radius 2 is 1.90 bits per heavy atom. The zero-order valence-corrected chi connectivity index (χ0v) is 18.9. The third kappa shape index (κ3) is 6.92. The van der Waals surface area contributed by atoms with Gasteiger partial charge in [-0.3, -0.25) is 35.9 Å². The Balaban J connectivity index is 1.83. The van der Waals surface area contributed by atoms with Gasteiger partial charge < -0.3 is 4.74 Å². The van der Waals surface area contributed by atoms with Crippen LogP contribution in [0.3, 0.4) is 0 Å². The summed E-state index contributed by atoms with van der Waals surface area (Å²) in [4.78, 5) is 34.1. The molecule has 3 N–H and O–H groups in total. The summed E-state index contributed by atoms with van der Waals surface area (Å²) in [5.74, 6) is -0.815. The predicted molar refractivity (Wildman–Crippen MR) is 117 cm³/mol. The van der Waals surface area contributed by atoms with Crippen LogP contribution in [-0.4, -0.2) is 28.5 Å². The molecule has 0 unspecified atom stereocenters. The molecule has 0 aliphatic heterocycles. The highest BCUT2D eigenvalue weighted by molar-refractivity contribution is 9.11. The molecule has 9 nitrogen and oxygen atoms in total. The minimum Gasteiger partial charge on any atom is -0.483 e. The molecule has 0 saturated carbocycles. The lowest BCUT2D eigenvalue weighted by molar-refractivity contribution is -0.384. The second-order valence-corrected chi connectivity index (χ2v) is 7.83. The fourth-order valence-electron chi connectivity index (χ4n) is 1.91. The van der Waals surface area contributed by atoms with Crippen LogP contribution >= 0.6 is 55.7 Å². The summed E-state index contributed by atoms with van der Waals surface area (Å²) < 4.78 is 6.86. The van der Waals surface area contributed by atoms with Crippen molar-refractivity contribution in [3.05, 3.63) is 66.0 Å². The Bertz CT molecular complexity index is 992. The molecule has 2 rings (SSSR count). The van der Waals surface area contributed by atoms with Crippen molar-refractivity contribution >= 4 is 78.3 Å². The first kappa shape index (κ1) is 23.0. The molecule has 0 aliphatic rings. The molecule has 0 spiro atoms. The second-order valence-electron chi connectivity index (χ2n) is 5.24. The number of benzene rings is 2. The first-order valence-electron chi connectivity index (χ1n) is 7.59. The highest BCUT2D eigenvalue weighted by Crippen LogP contribution is 2.28. The Kier molecular flexibility index (Phi) is 8.32. The van der Waals surface area contributed by atoms with Crippen molar-refractivity contribution in [1.29, 1.82) is 0 Å². The van der Waals surface area contributed by atoms with E-state index in [-0.39, 0.29) is 22.3 Å². The first-order valence-corrected chi connectivity index (χ1v) is 9.96. The van der Waals surface area contributed by atoms with E-state index in [9.17, 15) is 19.7 Å². The van der Waals surface area contributed by atoms with E-state index in [0.717, 1.165) is 10.5 Å². The van der Waals surface area contributed by atoms with Crippen molar-refractivity contribution in [3.8, 4) is 5.75 Å². The Morgan fingerprint density at radius 1 is 1.17 bits per heavy atom. The number of thiocarbonyl (C=S) groups is 1. The van der Waals surface area contributed by atoms with E-state index in [4.69, 9.17) is 28.6 Å². The summed E-state index contributed by atoms with van der Waals surface area (Å²) in [5, 5.41) is 12.9. The summed E-state index contributed by atoms with van der Waals surface area (Å²) >= 11 is 17.2. The van der Waals surface area contributed by atoms with Gasteiger partial charge in [-0.2, -0.15) is 0 Å². The summed E-state index contributed by atoms with van der Waals surface area (Å²) in [5.41, 5.74) is 4.10. The number of carbonyl (C=O) groups excluding carboxylic acids is 2. The number of hydrogen-bond donors (Lipinski definition) is 3. The van der Waals surface area contributed by atoms with Crippen LogP contribution in [0.15, 0.2) is 45.3 Å². The molecule has 13 heteroatoms. The molecule has 0 atom stereocenters. The van der Waals surface area contributed by atoms with Crippen LogP contribution in [0, 0.1) is 10.1 Å². The van der Waals surface area contributed by atoms with Crippen molar-refractivity contribution in [3.63, 3.8) is 0 Å². The summed E-state index contributed by atoms with van der Waals surface area (Å²) in [6.07, 6.45) is 0. The molecule has 2 aromatic carbocycles. The van der Waals surface area contributed by atoms with Crippen LogP contribution in [0.4, 0.5) is 5.69 Å². The number of carbonyl (C=O) groups is 2. The fourth-order valence-corrected chi connectivity index (χ4v) is 3.42. The number of nitro benzene ring substituents is 1. The van der Waals surface area contributed by atoms with E-state index in [1.807, 2.05) is 0 Å². The molecule has 2 amide bonds. The Morgan fingerprint density at radius 3 is 2.55 bits per heavy atom. The molecule has 0 bridgehead atoms. The normalized spacial score (nSPS) is 10.0. The Hall–Kier alpha value is -2.28. The molecule has 0 fully saturated rings. The summed E-state index contributed by atoms with van der Waals surface area (Å²) in [7, 11) is 0. The summed E-state index contributed by atoms with van der Waals surface area (Å²) in [6.45, 7) is -0.320. The maximum atomic E-state index is 12.1. The number of amides is 2. The van der Waals surface area contributed by atoms with Crippen LogP contribution in [0.1, 0.15) is 10.4 Å². The van der Waals surface area contributed by atoms with Crippen LogP contribution in [-0.2, 0) is 4.79 Å². The van der Waals surface area contributed by atoms with Gasteiger partial charge in [-0.25, -0.2) is 0 Å². The lowest BCUT2D eigenvalue weighted by Gasteiger charge is -2.12. The quantitative estimate of drug-likeness (QED) is 0.288. The van der Waals surface area contributed by atoms with E-state index in [1.54, 1.807) is 18.2 Å². The summed E-state index contributed by atoms with van der Waals surface area (Å²) in [6, 6.07) is 8.73. The number of hydrogen-bond acceptors (Lipinski definition) is 6. The maximum absolute atomic E-state index is 12.1. The lowest BCUT2D eigenvalue weighted by atomic mass is 10.2. The zero-order valence-electron chi connectivity index (χ0n) is 14.2. The lowest BCUT2D eigenvalue weighted by Crippen LogP contribution is -2.49. The van der Waals surface area contributed by atoms with Gasteiger partial charge >= 0.3 is 0 Å². The standard InChI is InChI=1S/C16H11Br2ClN4O5S/c17-9-2-4-13(10(18)6-9)28-7-14(24)20-16(29)22-21-15(25)8-1-3-11(19)12(5-8)23(26)27/h1-6H,7H2,(H,21,25)(H2,20,22,24,29). The number of nitrogens with zero attached hydrogens (tertiary/aromatic N) is 1. The minimum absolute atomic E-state index is 0.0221. The second kappa shape index (κ2) is 10.5. The molecule has 0 heterocycles. The molecule has 2 aromatic rings. The SMILES string of the molecule is O=C(COc1ccc(Br)cc1Br)NC(=S)NNC(=O)c1ccc(Cl)c([N+](=O)[O-])c1. The van der Waals surface area contributed by atoms with Gasteiger partial charge in [0.05, 0.1) is 9.40 Å². The van der Waals surface area contributed by atoms with E-state index >= 15 is 0 Å². The number of rotatable bonds is 5. The number of halogens is 3. The van der Waals surface area contributed by atoms with E-state index < -0.39 is 22.4 Å². The minimum atomic E-state index is -0.712. The predicted octanol–water partition coefficient (Wildman–Crippen LogP) is 3.49. The maximum Gasteiger partial charge on any atom is 0.288 e. The average molecular weight is 567 g/mol. The molecule has 0 radical (unpaired) electrons. The molecule has 0 aliphatic carbocycles. The largest absolute Gasteiger partial charge is 0.483 e. The topological polar surface area (TPSA) is 123 Å². The first-order chi connectivity index (χ1) is 13.7. The number of hydrazine groups is 1. The van der Waals surface area contributed by atoms with Gasteiger partial charge in [0, 0.05) is 16.1 Å². The molecule has 29 heavy (non-hydrogen) atoms. The van der Waals surface area contributed by atoms with Gasteiger partial charge in [-0.1, -0.05) is 27.5 Å². The van der Waals surface area contributed by atoms with Crippen molar-refractivity contribution in [2.75, 3.05) is 6.61 Å². The van der Waals surface area contributed by atoms with Crippen molar-refractivity contribution in [2.24, 2.45) is 0 Å². The number of nitro groups is 1. The highest BCUT2D eigenvalue weighted by Gasteiger charge is 2.16. The van der Waals surface area contributed by atoms with Crippen LogP contribution < -0.4 is 20.9 Å². The van der Waals surface area contributed by atoms with Crippen molar-refractivity contribution in [2.45, 2.75) is 0 Å². The number of ether oxygens (including phenoxy) is 1. The van der Waals surface area contributed by atoms with Gasteiger partial charge in [0.2, 0.25) is 0 Å². The zero-order chi connectivity index (χ0) is 21.6. The van der Waals surface area contributed by atoms with Gasteiger partial charge in [0.15, 0.2) is 11.7 Å².